The van der Waals surface area contributed by atoms with E-state index in [-0.39, 0.29) is 25.0 Å². The van der Waals surface area contributed by atoms with Crippen LogP contribution in [0.2, 0.25) is 0 Å². The van der Waals surface area contributed by atoms with Crippen molar-refractivity contribution in [3.63, 3.8) is 0 Å². The summed E-state index contributed by atoms with van der Waals surface area (Å²) < 4.78 is 15.5. The Hall–Kier alpha value is -1.83. The Kier molecular flexibility index (Phi) is 7.87. The molecule has 0 spiro atoms. The number of carbonyl (C=O) groups excluding carboxylic acids is 3. The third kappa shape index (κ3) is 6.16. The first-order valence-corrected chi connectivity index (χ1v) is 8.89. The monoisotopic (exact) mass is 372 g/mol. The summed E-state index contributed by atoms with van der Waals surface area (Å²) in [6, 6.07) is -1.53. The van der Waals surface area contributed by atoms with Crippen molar-refractivity contribution in [1.29, 1.82) is 0 Å². The molecule has 0 aromatic rings. The van der Waals surface area contributed by atoms with Gasteiger partial charge >= 0.3 is 12.1 Å². The number of rotatable bonds is 5. The topological polar surface area (TPSA) is 85.4 Å². The largest absolute Gasteiger partial charge is 0.467 e. The van der Waals surface area contributed by atoms with E-state index in [1.807, 2.05) is 13.8 Å². The minimum Gasteiger partial charge on any atom is -0.467 e. The van der Waals surface area contributed by atoms with Gasteiger partial charge in [-0.25, -0.2) is 9.59 Å². The van der Waals surface area contributed by atoms with Crippen molar-refractivity contribution < 1.29 is 28.6 Å². The molecule has 8 nitrogen and oxygen atoms in total. The van der Waals surface area contributed by atoms with Gasteiger partial charge in [-0.1, -0.05) is 13.8 Å². The number of hydrogen-bond donors (Lipinski definition) is 0. The molecule has 1 saturated heterocycles. The highest BCUT2D eigenvalue weighted by molar-refractivity contribution is 5.90. The Bertz CT molecular complexity index is 514. The van der Waals surface area contributed by atoms with Crippen LogP contribution in [0.4, 0.5) is 4.79 Å². The number of methoxy groups -OCH3 is 1. The van der Waals surface area contributed by atoms with Gasteiger partial charge in [0, 0.05) is 13.6 Å². The Labute approximate surface area is 155 Å². The third-order valence-electron chi connectivity index (χ3n) is 4.01. The van der Waals surface area contributed by atoms with E-state index >= 15 is 0 Å². The number of esters is 1. The second-order valence-corrected chi connectivity index (χ2v) is 7.88. The average Bonchev–Trinajstić information content (AvgIpc) is 2.56. The number of likely N-dealkylation sites (N-methyl/N-ethyl adjacent to an activating group) is 1. The van der Waals surface area contributed by atoms with Crippen molar-refractivity contribution >= 4 is 18.0 Å². The summed E-state index contributed by atoms with van der Waals surface area (Å²) in [7, 11) is 2.82. The highest BCUT2D eigenvalue weighted by Crippen LogP contribution is 2.20. The summed E-state index contributed by atoms with van der Waals surface area (Å²) in [5.41, 5.74) is -0.662. The molecule has 0 N–H and O–H groups in total. The maximum atomic E-state index is 13.2. The van der Waals surface area contributed by atoms with Crippen molar-refractivity contribution in [2.45, 2.75) is 58.7 Å². The van der Waals surface area contributed by atoms with E-state index in [0.717, 1.165) is 0 Å². The standard InChI is InChI=1S/C18H32N2O6/c1-12(2)10-13(19(6)17(23)26-18(3,4)5)15(21)20-8-9-25-11-14(20)16(22)24-7/h12-14H,8-11H2,1-7H3/t13?,14-/m1/s1. The second-order valence-electron chi connectivity index (χ2n) is 7.88. The summed E-state index contributed by atoms with van der Waals surface area (Å²) >= 11 is 0. The molecule has 2 atom stereocenters. The van der Waals surface area contributed by atoms with Crippen LogP contribution in [0.15, 0.2) is 0 Å². The molecule has 0 aromatic heterocycles. The number of ether oxygens (including phenoxy) is 3. The molecular weight excluding hydrogens is 340 g/mol. The molecule has 0 bridgehead atoms. The third-order valence-corrected chi connectivity index (χ3v) is 4.01. The molecule has 1 fully saturated rings. The molecule has 1 heterocycles. The van der Waals surface area contributed by atoms with E-state index in [1.165, 1.54) is 16.9 Å². The first-order valence-electron chi connectivity index (χ1n) is 8.89. The number of hydrogen-bond acceptors (Lipinski definition) is 6. The summed E-state index contributed by atoms with van der Waals surface area (Å²) in [6.07, 6.45) is -0.112. The molecule has 0 radical (unpaired) electrons. The van der Waals surface area contributed by atoms with Crippen LogP contribution in [-0.2, 0) is 23.8 Å². The maximum absolute atomic E-state index is 13.2. The summed E-state index contributed by atoms with van der Waals surface area (Å²) in [5, 5.41) is 0. The van der Waals surface area contributed by atoms with Gasteiger partial charge in [-0.3, -0.25) is 9.69 Å². The van der Waals surface area contributed by atoms with Crippen molar-refractivity contribution in [2.75, 3.05) is 33.9 Å². The molecule has 26 heavy (non-hydrogen) atoms. The fourth-order valence-corrected chi connectivity index (χ4v) is 2.72. The average molecular weight is 372 g/mol. The molecule has 1 aliphatic rings. The van der Waals surface area contributed by atoms with Gasteiger partial charge in [0.25, 0.3) is 0 Å². The first-order chi connectivity index (χ1) is 12.0. The minimum absolute atomic E-state index is 0.0863. The van der Waals surface area contributed by atoms with E-state index in [0.29, 0.717) is 13.0 Å². The lowest BCUT2D eigenvalue weighted by Gasteiger charge is -2.38. The molecule has 1 rings (SSSR count). The molecule has 0 aromatic carbocycles. The minimum atomic E-state index is -0.803. The number of nitrogens with zero attached hydrogens (tertiary/aromatic N) is 2. The fraction of sp³-hybridized carbons (Fsp3) is 0.833. The van der Waals surface area contributed by atoms with Crippen LogP contribution in [0, 0.1) is 5.92 Å². The van der Waals surface area contributed by atoms with Gasteiger partial charge in [0.2, 0.25) is 5.91 Å². The molecule has 150 valence electrons. The van der Waals surface area contributed by atoms with Gasteiger partial charge in [-0.2, -0.15) is 0 Å². The van der Waals surface area contributed by atoms with Crippen molar-refractivity contribution in [3.8, 4) is 0 Å². The smallest absolute Gasteiger partial charge is 0.410 e. The lowest BCUT2D eigenvalue weighted by atomic mass is 10.0. The van der Waals surface area contributed by atoms with Gasteiger partial charge < -0.3 is 19.1 Å². The predicted molar refractivity (Wildman–Crippen MR) is 95.6 cm³/mol. The molecule has 0 saturated carbocycles. The maximum Gasteiger partial charge on any atom is 0.410 e. The van der Waals surface area contributed by atoms with Gasteiger partial charge in [0.1, 0.15) is 11.6 Å². The van der Waals surface area contributed by atoms with Crippen molar-refractivity contribution in [2.24, 2.45) is 5.92 Å². The van der Waals surface area contributed by atoms with Crippen LogP contribution >= 0.6 is 0 Å². The van der Waals surface area contributed by atoms with Crippen LogP contribution in [0.5, 0.6) is 0 Å². The van der Waals surface area contributed by atoms with Crippen LogP contribution in [-0.4, -0.2) is 79.4 Å². The van der Waals surface area contributed by atoms with Crippen LogP contribution in [0.25, 0.3) is 0 Å². The quantitative estimate of drug-likeness (QED) is 0.683. The van der Waals surface area contributed by atoms with E-state index in [1.54, 1.807) is 27.8 Å². The first kappa shape index (κ1) is 22.2. The summed E-state index contributed by atoms with van der Waals surface area (Å²) in [6.45, 7) is 9.95. The van der Waals surface area contributed by atoms with Gasteiger partial charge in [0.15, 0.2) is 6.04 Å². The number of amides is 2. The SMILES string of the molecule is COC(=O)[C@H]1COCCN1C(=O)C(CC(C)C)N(C)C(=O)OC(C)(C)C. The van der Waals surface area contributed by atoms with Gasteiger partial charge in [-0.15, -0.1) is 0 Å². The lowest BCUT2D eigenvalue weighted by Crippen LogP contribution is -2.59. The number of carbonyl (C=O) groups is 3. The highest BCUT2D eigenvalue weighted by atomic mass is 16.6. The predicted octanol–water partition coefficient (Wildman–Crippen LogP) is 1.67. The van der Waals surface area contributed by atoms with Crippen LogP contribution < -0.4 is 0 Å². The lowest BCUT2D eigenvalue weighted by molar-refractivity contribution is -0.163. The Morgan fingerprint density at radius 2 is 1.88 bits per heavy atom. The summed E-state index contributed by atoms with van der Waals surface area (Å²) in [5.74, 6) is -0.654. The molecule has 0 aliphatic carbocycles. The van der Waals surface area contributed by atoms with E-state index < -0.39 is 29.7 Å². The van der Waals surface area contributed by atoms with Crippen molar-refractivity contribution in [1.82, 2.24) is 9.80 Å². The summed E-state index contributed by atoms with van der Waals surface area (Å²) in [4.78, 5) is 40.4. The van der Waals surface area contributed by atoms with Crippen molar-refractivity contribution in [3.05, 3.63) is 0 Å². The van der Waals surface area contributed by atoms with E-state index in [2.05, 4.69) is 0 Å². The normalized spacial score (nSPS) is 19.1. The Morgan fingerprint density at radius 1 is 1.27 bits per heavy atom. The van der Waals surface area contributed by atoms with Gasteiger partial charge in [-0.05, 0) is 33.1 Å². The zero-order valence-electron chi connectivity index (χ0n) is 16.9. The Balaban J connectivity index is 3.04. The number of morpholine rings is 1. The van der Waals surface area contributed by atoms with Gasteiger partial charge in [0.05, 0.1) is 20.3 Å². The van der Waals surface area contributed by atoms with Crippen LogP contribution in [0.1, 0.15) is 41.0 Å². The highest BCUT2D eigenvalue weighted by Gasteiger charge is 2.40. The second kappa shape index (κ2) is 9.21. The van der Waals surface area contributed by atoms with E-state index in [9.17, 15) is 14.4 Å². The van der Waals surface area contributed by atoms with E-state index in [4.69, 9.17) is 14.2 Å². The molecule has 8 heteroatoms. The zero-order valence-corrected chi connectivity index (χ0v) is 16.9. The molecule has 1 unspecified atom stereocenters. The fourth-order valence-electron chi connectivity index (χ4n) is 2.72. The Morgan fingerprint density at radius 3 is 2.38 bits per heavy atom. The molecule has 1 aliphatic heterocycles. The van der Waals surface area contributed by atoms with Crippen LogP contribution in [0.3, 0.4) is 0 Å². The molecule has 2 amide bonds. The molecular formula is C18H32N2O6. The zero-order chi connectivity index (χ0) is 20.1.